The number of aromatic nitrogens is 2. The van der Waals surface area contributed by atoms with Crippen LogP contribution in [-0.4, -0.2) is 34.1 Å². The maximum absolute atomic E-state index is 11.3. The fourth-order valence-electron chi connectivity index (χ4n) is 1.25. The molecule has 1 aromatic rings. The first-order chi connectivity index (χ1) is 7.45. The number of thiocarbonyl (C=S) groups is 1. The molecule has 0 bridgehead atoms. The van der Waals surface area contributed by atoms with E-state index in [2.05, 4.69) is 15.3 Å². The third kappa shape index (κ3) is 2.69. The van der Waals surface area contributed by atoms with E-state index in [1.807, 2.05) is 0 Å². The summed E-state index contributed by atoms with van der Waals surface area (Å²) in [6.07, 6.45) is 0. The van der Waals surface area contributed by atoms with Gasteiger partial charge in [0.15, 0.2) is 5.11 Å². The minimum atomic E-state index is -0.505. The van der Waals surface area contributed by atoms with Gasteiger partial charge in [-0.15, -0.1) is 0 Å². The number of hydrogen-bond acceptors (Lipinski definition) is 3. The molecule has 0 fully saturated rings. The SMILES string of the molecule is CNC(=S)N(C)Cc1[nH]c(=O)[nH]c(=O)c1C. The summed E-state index contributed by atoms with van der Waals surface area (Å²) in [6, 6.07) is 0. The van der Waals surface area contributed by atoms with Gasteiger partial charge in [0, 0.05) is 25.4 Å². The minimum Gasteiger partial charge on any atom is -0.366 e. The summed E-state index contributed by atoms with van der Waals surface area (Å²) in [7, 11) is 3.49. The fraction of sp³-hybridized carbons (Fsp3) is 0.444. The van der Waals surface area contributed by atoms with E-state index < -0.39 is 5.69 Å². The Bertz CT molecular complexity index is 505. The molecule has 1 rings (SSSR count). The average Bonchev–Trinajstić information content (AvgIpc) is 2.23. The van der Waals surface area contributed by atoms with Crippen molar-refractivity contribution in [3.8, 4) is 0 Å². The molecule has 1 aromatic heterocycles. The number of hydrogen-bond donors (Lipinski definition) is 3. The van der Waals surface area contributed by atoms with Crippen LogP contribution in [0, 0.1) is 6.92 Å². The van der Waals surface area contributed by atoms with Crippen LogP contribution in [0.2, 0.25) is 0 Å². The van der Waals surface area contributed by atoms with Crippen LogP contribution >= 0.6 is 12.2 Å². The lowest BCUT2D eigenvalue weighted by molar-refractivity contribution is 0.483. The monoisotopic (exact) mass is 242 g/mol. The zero-order valence-electron chi connectivity index (χ0n) is 9.38. The van der Waals surface area contributed by atoms with E-state index >= 15 is 0 Å². The van der Waals surface area contributed by atoms with Crippen molar-refractivity contribution in [2.75, 3.05) is 14.1 Å². The van der Waals surface area contributed by atoms with Gasteiger partial charge < -0.3 is 15.2 Å². The second-order valence-electron chi connectivity index (χ2n) is 3.42. The number of H-pyrrole nitrogens is 2. The van der Waals surface area contributed by atoms with Crippen LogP contribution in [0.25, 0.3) is 0 Å². The zero-order valence-corrected chi connectivity index (χ0v) is 10.2. The van der Waals surface area contributed by atoms with Gasteiger partial charge in [0.1, 0.15) is 0 Å². The molecule has 16 heavy (non-hydrogen) atoms. The highest BCUT2D eigenvalue weighted by Crippen LogP contribution is 2.00. The Morgan fingerprint density at radius 2 is 2.06 bits per heavy atom. The lowest BCUT2D eigenvalue weighted by Crippen LogP contribution is -2.36. The largest absolute Gasteiger partial charge is 0.366 e. The Hall–Kier alpha value is -1.63. The molecule has 0 spiro atoms. The molecular weight excluding hydrogens is 228 g/mol. The molecule has 0 aromatic carbocycles. The maximum atomic E-state index is 11.3. The second-order valence-corrected chi connectivity index (χ2v) is 3.81. The van der Waals surface area contributed by atoms with Gasteiger partial charge >= 0.3 is 5.69 Å². The van der Waals surface area contributed by atoms with Crippen LogP contribution in [0.4, 0.5) is 0 Å². The molecule has 0 atom stereocenters. The van der Waals surface area contributed by atoms with E-state index in [-0.39, 0.29) is 5.56 Å². The molecule has 0 aliphatic carbocycles. The summed E-state index contributed by atoms with van der Waals surface area (Å²) < 4.78 is 0. The summed E-state index contributed by atoms with van der Waals surface area (Å²) in [6.45, 7) is 2.03. The second kappa shape index (κ2) is 4.93. The fourth-order valence-corrected chi connectivity index (χ4v) is 1.32. The Kier molecular flexibility index (Phi) is 3.83. The van der Waals surface area contributed by atoms with Gasteiger partial charge in [0.05, 0.1) is 6.54 Å². The van der Waals surface area contributed by atoms with Crippen LogP contribution in [-0.2, 0) is 6.54 Å². The van der Waals surface area contributed by atoms with Gasteiger partial charge in [-0.2, -0.15) is 0 Å². The highest BCUT2D eigenvalue weighted by atomic mass is 32.1. The van der Waals surface area contributed by atoms with E-state index in [9.17, 15) is 9.59 Å². The third-order valence-corrected chi connectivity index (χ3v) is 2.76. The normalized spacial score (nSPS) is 9.94. The quantitative estimate of drug-likeness (QED) is 0.598. The highest BCUT2D eigenvalue weighted by Gasteiger charge is 2.08. The first-order valence-corrected chi connectivity index (χ1v) is 5.11. The Balaban J connectivity index is 3.02. The average molecular weight is 242 g/mol. The Morgan fingerprint density at radius 3 is 2.62 bits per heavy atom. The van der Waals surface area contributed by atoms with Crippen LogP contribution in [0.3, 0.4) is 0 Å². The van der Waals surface area contributed by atoms with Crippen molar-refractivity contribution in [3.63, 3.8) is 0 Å². The Morgan fingerprint density at radius 1 is 1.44 bits per heavy atom. The van der Waals surface area contributed by atoms with Crippen LogP contribution < -0.4 is 16.6 Å². The smallest absolute Gasteiger partial charge is 0.325 e. The lowest BCUT2D eigenvalue weighted by Gasteiger charge is -2.19. The minimum absolute atomic E-state index is 0.373. The van der Waals surface area contributed by atoms with Gasteiger partial charge in [-0.25, -0.2) is 4.79 Å². The van der Waals surface area contributed by atoms with Crippen molar-refractivity contribution in [3.05, 3.63) is 32.1 Å². The maximum Gasteiger partial charge on any atom is 0.325 e. The van der Waals surface area contributed by atoms with Crippen LogP contribution in [0.15, 0.2) is 9.59 Å². The van der Waals surface area contributed by atoms with Crippen LogP contribution in [0.1, 0.15) is 11.3 Å². The lowest BCUT2D eigenvalue weighted by atomic mass is 10.2. The Labute approximate surface area is 97.7 Å². The van der Waals surface area contributed by atoms with Gasteiger partial charge in [-0.05, 0) is 19.1 Å². The number of nitrogens with zero attached hydrogens (tertiary/aromatic N) is 1. The standard InChI is InChI=1S/C9H14N4O2S/c1-5-6(4-13(3)9(16)10-2)11-8(15)12-7(5)14/h4H2,1-3H3,(H,10,16)(H2,11,12,14,15). The topological polar surface area (TPSA) is 81.0 Å². The molecule has 0 saturated heterocycles. The zero-order chi connectivity index (χ0) is 12.3. The van der Waals surface area contributed by atoms with Crippen molar-refractivity contribution in [1.82, 2.24) is 20.2 Å². The highest BCUT2D eigenvalue weighted by molar-refractivity contribution is 7.80. The predicted molar refractivity (Wildman–Crippen MR) is 65.5 cm³/mol. The van der Waals surface area contributed by atoms with Crippen molar-refractivity contribution < 1.29 is 0 Å². The molecular formula is C9H14N4O2S. The van der Waals surface area contributed by atoms with E-state index in [0.717, 1.165) is 0 Å². The van der Waals surface area contributed by atoms with Crippen LogP contribution in [0.5, 0.6) is 0 Å². The van der Waals surface area contributed by atoms with E-state index in [1.165, 1.54) is 0 Å². The van der Waals surface area contributed by atoms with E-state index in [0.29, 0.717) is 22.9 Å². The third-order valence-electron chi connectivity index (χ3n) is 2.24. The summed E-state index contributed by atoms with van der Waals surface area (Å²) in [5.41, 5.74) is 0.177. The van der Waals surface area contributed by atoms with Gasteiger partial charge in [-0.1, -0.05) is 0 Å². The van der Waals surface area contributed by atoms with E-state index in [4.69, 9.17) is 12.2 Å². The van der Waals surface area contributed by atoms with Gasteiger partial charge in [-0.3, -0.25) is 9.78 Å². The molecule has 0 aliphatic rings. The van der Waals surface area contributed by atoms with E-state index in [1.54, 1.807) is 25.9 Å². The molecule has 3 N–H and O–H groups in total. The molecule has 0 aliphatic heterocycles. The summed E-state index contributed by atoms with van der Waals surface area (Å²) in [5, 5.41) is 3.36. The van der Waals surface area contributed by atoms with Gasteiger partial charge in [0.2, 0.25) is 0 Å². The molecule has 0 amide bonds. The first-order valence-electron chi connectivity index (χ1n) is 4.70. The molecule has 7 heteroatoms. The van der Waals surface area contributed by atoms with Crippen molar-refractivity contribution in [2.24, 2.45) is 0 Å². The van der Waals surface area contributed by atoms with Crippen molar-refractivity contribution in [2.45, 2.75) is 13.5 Å². The number of aromatic amines is 2. The predicted octanol–water partition coefficient (Wildman–Crippen LogP) is -0.692. The number of nitrogens with one attached hydrogen (secondary N) is 3. The molecule has 1 heterocycles. The summed E-state index contributed by atoms with van der Waals surface area (Å²) in [5.74, 6) is 0. The number of rotatable bonds is 2. The summed E-state index contributed by atoms with van der Waals surface area (Å²) >= 11 is 5.02. The first kappa shape index (κ1) is 12.4. The van der Waals surface area contributed by atoms with Crippen molar-refractivity contribution >= 4 is 17.3 Å². The van der Waals surface area contributed by atoms with Gasteiger partial charge in [0.25, 0.3) is 5.56 Å². The molecule has 88 valence electrons. The molecule has 6 nitrogen and oxygen atoms in total. The summed E-state index contributed by atoms with van der Waals surface area (Å²) in [4.78, 5) is 28.9. The molecule has 0 saturated carbocycles. The molecule has 0 unspecified atom stereocenters. The molecule has 0 radical (unpaired) electrons. The van der Waals surface area contributed by atoms with Crippen molar-refractivity contribution in [1.29, 1.82) is 0 Å².